The molecule has 3 heterocycles. The van der Waals surface area contributed by atoms with E-state index < -0.39 is 44.2 Å². The van der Waals surface area contributed by atoms with E-state index in [1.807, 2.05) is 93.0 Å². The number of fused-ring (bicyclic) bond motifs is 1. The number of methoxy groups -OCH3 is 3. The number of rotatable bonds is 23. The number of benzene rings is 3. The Balaban J connectivity index is 1.53. The Labute approximate surface area is 375 Å². The summed E-state index contributed by atoms with van der Waals surface area (Å²) < 4.78 is 55.3. The first-order valence-electron chi connectivity index (χ1n) is 21.1. The summed E-state index contributed by atoms with van der Waals surface area (Å²) in [7, 11) is 6.66. The number of aromatic nitrogens is 4. The van der Waals surface area contributed by atoms with Gasteiger partial charge in [-0.2, -0.15) is 10.2 Å². The molecule has 1 aliphatic rings. The third-order valence-corrected chi connectivity index (χ3v) is 12.6. The van der Waals surface area contributed by atoms with Crippen LogP contribution in [0.5, 0.6) is 11.5 Å². The van der Waals surface area contributed by atoms with Crippen LogP contribution in [0.1, 0.15) is 57.0 Å². The molecule has 1 fully saturated rings. The van der Waals surface area contributed by atoms with Crippen LogP contribution in [-0.2, 0) is 33.6 Å². The predicted octanol–water partition coefficient (Wildman–Crippen LogP) is 6.96. The van der Waals surface area contributed by atoms with E-state index in [9.17, 15) is 10.1 Å². The van der Waals surface area contributed by atoms with E-state index in [2.05, 4.69) is 53.4 Å². The van der Waals surface area contributed by atoms with Gasteiger partial charge in [0.15, 0.2) is 17.4 Å². The first-order chi connectivity index (χ1) is 30.9. The molecule has 5 atom stereocenters. The molecule has 342 valence electrons. The average Bonchev–Trinajstić information content (AvgIpc) is 3.87. The topological polar surface area (TPSA) is 180 Å². The fourth-order valence-electron chi connectivity index (χ4n) is 7.65. The zero-order valence-electron chi connectivity index (χ0n) is 37.9. The van der Waals surface area contributed by atoms with E-state index in [-0.39, 0.29) is 62.0 Å². The maximum absolute atomic E-state index is 13.4. The van der Waals surface area contributed by atoms with Crippen LogP contribution in [0.15, 0.2) is 95.0 Å². The Morgan fingerprint density at radius 2 is 1.53 bits per heavy atom. The Bertz CT molecular complexity index is 2300. The van der Waals surface area contributed by atoms with E-state index in [1.165, 1.54) is 6.33 Å². The highest BCUT2D eigenvalue weighted by Crippen LogP contribution is 2.51. The molecule has 0 aliphatic carbocycles. The number of nitrogens with zero attached hydrogens (tertiary/aromatic N) is 7. The van der Waals surface area contributed by atoms with Gasteiger partial charge in [-0.15, -0.1) is 0 Å². The van der Waals surface area contributed by atoms with Gasteiger partial charge in [0.05, 0.1) is 65.8 Å². The number of hydrogen-bond acceptors (Lipinski definition) is 14. The SMILES string of the molecule is COCCOC1[C@@H](OP(OCCC#N)N(C(C)C)C(C)C)[C@@H](COC(c2ccccc2)(c2ccc(OC)cc2)c2ccc(OC)cc2)O[C@H]1n1cnc2c(=O)[nH]c(/N=C/N(C)C)nc21. The fourth-order valence-corrected chi connectivity index (χ4v) is 9.42. The van der Waals surface area contributed by atoms with Crippen molar-refractivity contribution in [2.24, 2.45) is 4.99 Å². The number of H-pyrrole nitrogens is 1. The quantitative estimate of drug-likeness (QED) is 0.0234. The Kier molecular flexibility index (Phi) is 17.0. The minimum atomic E-state index is -1.82. The van der Waals surface area contributed by atoms with Crippen molar-refractivity contribution in [2.45, 2.75) is 76.3 Å². The van der Waals surface area contributed by atoms with Gasteiger partial charge in [0.1, 0.15) is 35.4 Å². The van der Waals surface area contributed by atoms with Crippen molar-refractivity contribution >= 4 is 32.0 Å². The second-order valence-electron chi connectivity index (χ2n) is 15.7. The standard InChI is InChI=1S/C46H59N8O9P/c1-31(2)54(32(3)4)64(61-25-13-24-47)63-40-38(62-44(41(40)59-27-26-56-7)53-30-48-39-42(53)50-45(51-43(39)55)49-29-52(5)6)28-60-46(33-14-11-10-12-15-33,34-16-20-36(57-8)21-17-34)35-18-22-37(58-9)23-19-35/h10-12,14-23,29-32,38,40-41,44H,13,25-28H2,1-9H3,(H,50,51,55)/b49-29+/t38-,40+,41?,44-,64?/m1/s1. The molecule has 0 spiro atoms. The average molecular weight is 899 g/mol. The summed E-state index contributed by atoms with van der Waals surface area (Å²) >= 11 is 0. The summed E-state index contributed by atoms with van der Waals surface area (Å²) in [6, 6.07) is 27.7. The number of hydrogen-bond donors (Lipinski definition) is 1. The number of aromatic amines is 1. The third kappa shape index (κ3) is 11.0. The van der Waals surface area contributed by atoms with Crippen molar-refractivity contribution in [2.75, 3.05) is 61.9 Å². The van der Waals surface area contributed by atoms with Crippen LogP contribution in [0.2, 0.25) is 0 Å². The summed E-state index contributed by atoms with van der Waals surface area (Å²) in [5, 5.41) is 9.53. The molecule has 5 aromatic rings. The molecule has 1 saturated heterocycles. The van der Waals surface area contributed by atoms with Gasteiger partial charge in [-0.1, -0.05) is 54.6 Å². The van der Waals surface area contributed by atoms with Crippen LogP contribution in [0, 0.1) is 11.3 Å². The van der Waals surface area contributed by atoms with Gasteiger partial charge in [0.2, 0.25) is 5.95 Å². The van der Waals surface area contributed by atoms with Crippen molar-refractivity contribution in [3.63, 3.8) is 0 Å². The van der Waals surface area contributed by atoms with Gasteiger partial charge in [-0.3, -0.25) is 14.3 Å². The van der Waals surface area contributed by atoms with Crippen LogP contribution in [0.3, 0.4) is 0 Å². The van der Waals surface area contributed by atoms with Crippen LogP contribution in [0.4, 0.5) is 5.95 Å². The van der Waals surface area contributed by atoms with E-state index in [1.54, 1.807) is 37.1 Å². The molecule has 0 radical (unpaired) electrons. The lowest BCUT2D eigenvalue weighted by Gasteiger charge is -2.39. The predicted molar refractivity (Wildman–Crippen MR) is 244 cm³/mol. The van der Waals surface area contributed by atoms with Gasteiger partial charge < -0.3 is 42.4 Å². The van der Waals surface area contributed by atoms with E-state index in [4.69, 9.17) is 42.5 Å². The summed E-state index contributed by atoms with van der Waals surface area (Å²) in [6.07, 6.45) is -0.285. The second kappa shape index (κ2) is 22.6. The fraction of sp³-hybridized carbons (Fsp3) is 0.457. The summed E-state index contributed by atoms with van der Waals surface area (Å²) in [6.45, 7) is 8.84. The van der Waals surface area contributed by atoms with Crippen LogP contribution < -0.4 is 15.0 Å². The third-order valence-electron chi connectivity index (χ3n) is 10.5. The maximum atomic E-state index is 13.4. The monoisotopic (exact) mass is 898 g/mol. The van der Waals surface area contributed by atoms with Gasteiger partial charge >= 0.3 is 0 Å². The minimum absolute atomic E-state index is 0.000548. The Morgan fingerprint density at radius 1 is 0.906 bits per heavy atom. The maximum Gasteiger partial charge on any atom is 0.280 e. The van der Waals surface area contributed by atoms with Crippen molar-refractivity contribution in [1.82, 2.24) is 29.1 Å². The molecule has 0 saturated carbocycles. The van der Waals surface area contributed by atoms with Gasteiger partial charge in [-0.25, -0.2) is 14.6 Å². The van der Waals surface area contributed by atoms with E-state index in [0.717, 1.165) is 16.7 Å². The first-order valence-corrected chi connectivity index (χ1v) is 22.3. The minimum Gasteiger partial charge on any atom is -0.497 e. The van der Waals surface area contributed by atoms with Crippen molar-refractivity contribution < 1.29 is 37.5 Å². The molecule has 18 heteroatoms. The normalized spacial score (nSPS) is 18.4. The molecule has 1 N–H and O–H groups in total. The van der Waals surface area contributed by atoms with E-state index in [0.29, 0.717) is 11.5 Å². The van der Waals surface area contributed by atoms with Gasteiger partial charge in [0.25, 0.3) is 14.1 Å². The lowest BCUT2D eigenvalue weighted by molar-refractivity contribution is -0.0966. The highest BCUT2D eigenvalue weighted by atomic mass is 31.2. The Morgan fingerprint density at radius 3 is 2.09 bits per heavy atom. The summed E-state index contributed by atoms with van der Waals surface area (Å²) in [5.74, 6) is 1.46. The van der Waals surface area contributed by atoms with E-state index >= 15 is 0 Å². The largest absolute Gasteiger partial charge is 0.497 e. The molecule has 1 aliphatic heterocycles. The molecule has 64 heavy (non-hydrogen) atoms. The second-order valence-corrected chi connectivity index (χ2v) is 17.2. The zero-order chi connectivity index (χ0) is 45.8. The lowest BCUT2D eigenvalue weighted by Crippen LogP contribution is -2.43. The first kappa shape index (κ1) is 48.2. The Hall–Kier alpha value is -5.28. The van der Waals surface area contributed by atoms with Crippen LogP contribution in [0.25, 0.3) is 11.2 Å². The van der Waals surface area contributed by atoms with Crippen molar-refractivity contribution in [1.29, 1.82) is 5.26 Å². The van der Waals surface area contributed by atoms with Gasteiger partial charge in [-0.05, 0) is 68.7 Å². The highest BCUT2D eigenvalue weighted by molar-refractivity contribution is 7.44. The summed E-state index contributed by atoms with van der Waals surface area (Å²) in [5.41, 5.74) is 1.16. The molecule has 2 aromatic heterocycles. The zero-order valence-corrected chi connectivity index (χ0v) is 38.8. The molecular formula is C46H59N8O9P. The van der Waals surface area contributed by atoms with Gasteiger partial charge in [0, 0.05) is 33.3 Å². The number of aliphatic imine (C=N–C) groups is 1. The van der Waals surface area contributed by atoms with Crippen LogP contribution in [-0.4, -0.2) is 128 Å². The number of nitriles is 1. The van der Waals surface area contributed by atoms with Crippen molar-refractivity contribution in [3.8, 4) is 17.6 Å². The van der Waals surface area contributed by atoms with Crippen molar-refractivity contribution in [3.05, 3.63) is 112 Å². The molecule has 2 unspecified atom stereocenters. The van der Waals surface area contributed by atoms with Crippen LogP contribution >= 0.6 is 8.53 Å². The molecule has 0 amide bonds. The number of ether oxygens (including phenoxy) is 6. The number of imidazole rings is 1. The number of nitrogens with one attached hydrogen (secondary N) is 1. The molecular weight excluding hydrogens is 840 g/mol. The highest BCUT2D eigenvalue weighted by Gasteiger charge is 2.52. The summed E-state index contributed by atoms with van der Waals surface area (Å²) in [4.78, 5) is 31.4. The molecule has 3 aromatic carbocycles. The smallest absolute Gasteiger partial charge is 0.280 e. The lowest BCUT2D eigenvalue weighted by atomic mass is 9.80. The molecule has 17 nitrogen and oxygen atoms in total. The molecule has 0 bridgehead atoms. The molecule has 6 rings (SSSR count).